The lowest BCUT2D eigenvalue weighted by Gasteiger charge is -2.24. The number of pyridine rings is 1. The number of rotatable bonds is 14. The summed E-state index contributed by atoms with van der Waals surface area (Å²) < 4.78 is 6.00. The molecule has 0 radical (unpaired) electrons. The Bertz CT molecular complexity index is 908. The van der Waals surface area contributed by atoms with Crippen molar-refractivity contribution < 1.29 is 4.74 Å². The third-order valence-corrected chi connectivity index (χ3v) is 4.98. The molecule has 0 bridgehead atoms. The molecule has 0 saturated heterocycles. The maximum Gasteiger partial charge on any atom is 0.217 e. The van der Waals surface area contributed by atoms with Gasteiger partial charge in [-0.2, -0.15) is 10.1 Å². The molecule has 34 heavy (non-hydrogen) atoms. The van der Waals surface area contributed by atoms with Crippen LogP contribution < -0.4 is 25.7 Å². The Hall–Kier alpha value is -3.29. The van der Waals surface area contributed by atoms with Crippen LogP contribution in [0.2, 0.25) is 0 Å². The summed E-state index contributed by atoms with van der Waals surface area (Å²) in [4.78, 5) is 11.2. The number of hydrazone groups is 1. The van der Waals surface area contributed by atoms with Crippen molar-refractivity contribution in [2.45, 2.75) is 47.0 Å². The number of aliphatic imine (C=N–C) groups is 1. The van der Waals surface area contributed by atoms with Gasteiger partial charge in [-0.3, -0.25) is 10.4 Å². The Morgan fingerprint density at radius 2 is 1.79 bits per heavy atom. The van der Waals surface area contributed by atoms with E-state index in [1.807, 2.05) is 24.3 Å². The fourth-order valence-corrected chi connectivity index (χ4v) is 3.43. The minimum absolute atomic E-state index is 0.469. The van der Waals surface area contributed by atoms with Gasteiger partial charge in [0.05, 0.1) is 12.8 Å². The van der Waals surface area contributed by atoms with Gasteiger partial charge in [0.25, 0.3) is 0 Å². The quantitative estimate of drug-likeness (QED) is 0.165. The first-order chi connectivity index (χ1) is 16.6. The predicted molar refractivity (Wildman–Crippen MR) is 145 cm³/mol. The number of hydrogen-bond acceptors (Lipinski definition) is 6. The first-order valence-corrected chi connectivity index (χ1v) is 12.3. The van der Waals surface area contributed by atoms with Crippen molar-refractivity contribution in [1.29, 1.82) is 0 Å². The molecule has 8 nitrogen and oxygen atoms in total. The van der Waals surface area contributed by atoms with Crippen molar-refractivity contribution in [3.8, 4) is 5.88 Å². The van der Waals surface area contributed by atoms with E-state index in [4.69, 9.17) is 4.74 Å². The molecule has 0 aliphatic carbocycles. The van der Waals surface area contributed by atoms with E-state index in [1.54, 1.807) is 13.3 Å². The third-order valence-electron chi connectivity index (χ3n) is 4.98. The summed E-state index contributed by atoms with van der Waals surface area (Å²) in [7, 11) is 1.77. The summed E-state index contributed by atoms with van der Waals surface area (Å²) in [5.41, 5.74) is 6.39. The number of aryl methyl sites for hydroxylation is 1. The van der Waals surface area contributed by atoms with Gasteiger partial charge in [0.1, 0.15) is 6.61 Å². The molecule has 0 amide bonds. The van der Waals surface area contributed by atoms with Crippen LogP contribution in [0.15, 0.2) is 46.5 Å². The Morgan fingerprint density at radius 3 is 2.47 bits per heavy atom. The third kappa shape index (κ3) is 9.68. The molecule has 1 aromatic carbocycles. The van der Waals surface area contributed by atoms with E-state index in [9.17, 15) is 0 Å². The summed E-state index contributed by atoms with van der Waals surface area (Å²) in [6.07, 6.45) is 4.99. The van der Waals surface area contributed by atoms with Crippen LogP contribution in [0, 0.1) is 6.92 Å². The van der Waals surface area contributed by atoms with Crippen LogP contribution in [0.1, 0.15) is 51.2 Å². The molecule has 3 N–H and O–H groups in total. The number of anilines is 2. The molecule has 186 valence electrons. The average Bonchev–Trinajstić information content (AvgIpc) is 2.83. The van der Waals surface area contributed by atoms with Crippen LogP contribution >= 0.6 is 0 Å². The Kier molecular flexibility index (Phi) is 12.3. The molecule has 0 unspecified atom stereocenters. The molecule has 1 aromatic heterocycles. The van der Waals surface area contributed by atoms with Crippen LogP contribution in [0.4, 0.5) is 11.5 Å². The van der Waals surface area contributed by atoms with E-state index in [0.29, 0.717) is 24.8 Å². The number of guanidine groups is 1. The maximum atomic E-state index is 6.00. The van der Waals surface area contributed by atoms with Crippen molar-refractivity contribution in [3.63, 3.8) is 0 Å². The molecule has 2 rings (SSSR count). The monoisotopic (exact) mass is 467 g/mol. The molecular formula is C26H41N7O. The highest BCUT2D eigenvalue weighted by Crippen LogP contribution is 2.24. The molecule has 8 heteroatoms. The van der Waals surface area contributed by atoms with E-state index in [-0.39, 0.29) is 0 Å². The van der Waals surface area contributed by atoms with E-state index < -0.39 is 0 Å². The van der Waals surface area contributed by atoms with Crippen LogP contribution in [-0.2, 0) is 0 Å². The zero-order chi connectivity index (χ0) is 24.6. The van der Waals surface area contributed by atoms with E-state index in [0.717, 1.165) is 56.1 Å². The maximum absolute atomic E-state index is 6.00. The van der Waals surface area contributed by atoms with Crippen molar-refractivity contribution in [3.05, 3.63) is 47.5 Å². The van der Waals surface area contributed by atoms with Gasteiger partial charge in [0.2, 0.25) is 5.88 Å². The van der Waals surface area contributed by atoms with Gasteiger partial charge in [-0.05, 0) is 31.7 Å². The Balaban J connectivity index is 2.10. The second-order valence-corrected chi connectivity index (χ2v) is 8.09. The van der Waals surface area contributed by atoms with Crippen LogP contribution in [0.5, 0.6) is 5.88 Å². The predicted octanol–water partition coefficient (Wildman–Crippen LogP) is 4.42. The number of nitrogens with one attached hydrogen (secondary N) is 3. The molecular weight excluding hydrogens is 426 g/mol. The summed E-state index contributed by atoms with van der Waals surface area (Å²) >= 11 is 0. The first-order valence-electron chi connectivity index (χ1n) is 12.3. The number of ether oxygens (including phenoxy) is 1. The van der Waals surface area contributed by atoms with Crippen molar-refractivity contribution >= 4 is 23.7 Å². The summed E-state index contributed by atoms with van der Waals surface area (Å²) in [6.45, 7) is 12.5. The van der Waals surface area contributed by atoms with Gasteiger partial charge >= 0.3 is 0 Å². The molecule has 0 fully saturated rings. The van der Waals surface area contributed by atoms with Gasteiger partial charge in [-0.1, -0.05) is 50.6 Å². The van der Waals surface area contributed by atoms with Gasteiger partial charge in [0, 0.05) is 44.5 Å². The van der Waals surface area contributed by atoms with Gasteiger partial charge in [0.15, 0.2) is 11.8 Å². The summed E-state index contributed by atoms with van der Waals surface area (Å²) in [5, 5.41) is 10.9. The fraction of sp³-hybridized carbons (Fsp3) is 0.500. The number of nitrogens with zero attached hydrogens (tertiary/aromatic N) is 4. The normalized spacial score (nSPS) is 11.5. The van der Waals surface area contributed by atoms with Crippen molar-refractivity contribution in [1.82, 2.24) is 15.6 Å². The second-order valence-electron chi connectivity index (χ2n) is 8.09. The highest BCUT2D eigenvalue weighted by Gasteiger charge is 2.10. The summed E-state index contributed by atoms with van der Waals surface area (Å²) in [6, 6.07) is 12.2. The van der Waals surface area contributed by atoms with Crippen LogP contribution in [0.25, 0.3) is 0 Å². The highest BCUT2D eigenvalue weighted by atomic mass is 16.5. The average molecular weight is 468 g/mol. The Morgan fingerprint density at radius 1 is 1.03 bits per heavy atom. The number of benzene rings is 1. The molecule has 2 aromatic rings. The SMILES string of the molecule is CCCN/C(=N\C)NCCOc1cc(N(CCC)CCC)cc(N/N=C/c2cccc(C)c2)n1. The lowest BCUT2D eigenvalue weighted by atomic mass is 10.2. The zero-order valence-electron chi connectivity index (χ0n) is 21.4. The first kappa shape index (κ1) is 27.0. The summed E-state index contributed by atoms with van der Waals surface area (Å²) in [5.74, 6) is 2.00. The number of hydrogen-bond donors (Lipinski definition) is 3. The molecule has 0 aliphatic rings. The largest absolute Gasteiger partial charge is 0.476 e. The smallest absolute Gasteiger partial charge is 0.217 e. The van der Waals surface area contributed by atoms with Crippen LogP contribution in [-0.4, -0.2) is 57.0 Å². The van der Waals surface area contributed by atoms with Crippen molar-refractivity contribution in [2.24, 2.45) is 10.1 Å². The number of aromatic nitrogens is 1. The minimum Gasteiger partial charge on any atom is -0.476 e. The second kappa shape index (κ2) is 15.5. The van der Waals surface area contributed by atoms with Crippen LogP contribution in [0.3, 0.4) is 0 Å². The highest BCUT2D eigenvalue weighted by molar-refractivity contribution is 5.80. The van der Waals surface area contributed by atoms with Gasteiger partial charge < -0.3 is 20.3 Å². The minimum atomic E-state index is 0.469. The van der Waals surface area contributed by atoms with Crippen molar-refractivity contribution in [2.75, 3.05) is 50.2 Å². The molecule has 0 aliphatic heterocycles. The molecule has 0 spiro atoms. The Labute approximate surface area is 204 Å². The lowest BCUT2D eigenvalue weighted by molar-refractivity contribution is 0.310. The van der Waals surface area contributed by atoms with E-state index >= 15 is 0 Å². The fourth-order valence-electron chi connectivity index (χ4n) is 3.43. The topological polar surface area (TPSA) is 86.2 Å². The molecule has 1 heterocycles. The molecule has 0 atom stereocenters. The molecule has 0 saturated carbocycles. The van der Waals surface area contributed by atoms with E-state index in [2.05, 4.69) is 75.9 Å². The lowest BCUT2D eigenvalue weighted by Crippen LogP contribution is -2.39. The van der Waals surface area contributed by atoms with Gasteiger partial charge in [-0.25, -0.2) is 0 Å². The van der Waals surface area contributed by atoms with E-state index in [1.165, 1.54) is 5.56 Å². The van der Waals surface area contributed by atoms with Gasteiger partial charge in [-0.15, -0.1) is 0 Å². The standard InChI is InChI=1S/C26H41N7O/c1-6-12-28-26(27-5)29-13-16-34-25-19-23(33(14-7-2)15-8-3)18-24(31-25)32-30-20-22-11-9-10-21(4)17-22/h9-11,17-20H,6-8,12-16H2,1-5H3,(H,31,32)(H2,27,28,29)/b30-20+. The zero-order valence-corrected chi connectivity index (χ0v) is 21.4.